The first kappa shape index (κ1) is 11.8. The highest BCUT2D eigenvalue weighted by Gasteiger charge is 2.21. The highest BCUT2D eigenvalue weighted by molar-refractivity contribution is 5.89. The molecule has 0 saturated carbocycles. The average Bonchev–Trinajstić information content (AvgIpc) is 2.40. The third-order valence-electron chi connectivity index (χ3n) is 2.39. The van der Waals surface area contributed by atoms with Crippen LogP contribution < -0.4 is 0 Å². The lowest BCUT2D eigenvalue weighted by molar-refractivity contribution is -0.203. The second-order valence-corrected chi connectivity index (χ2v) is 3.60. The molecule has 4 nitrogen and oxygen atoms in total. The van der Waals surface area contributed by atoms with E-state index in [0.29, 0.717) is 12.0 Å². The predicted octanol–water partition coefficient (Wildman–Crippen LogP) is 2.12. The van der Waals surface area contributed by atoms with E-state index in [1.165, 1.54) is 7.11 Å². The molecule has 2 atom stereocenters. The Kier molecular flexibility index (Phi) is 3.90. The lowest BCUT2D eigenvalue weighted by atomic mass is 10.2. The molecule has 0 amide bonds. The summed E-state index contributed by atoms with van der Waals surface area (Å²) in [7, 11) is 1.54. The van der Waals surface area contributed by atoms with Gasteiger partial charge >= 0.3 is 5.97 Å². The van der Waals surface area contributed by atoms with Crippen LogP contribution in [0.5, 0.6) is 0 Å². The highest BCUT2D eigenvalue weighted by Crippen LogP contribution is 2.15. The van der Waals surface area contributed by atoms with Crippen LogP contribution in [-0.2, 0) is 14.2 Å². The topological polar surface area (TPSA) is 44.8 Å². The summed E-state index contributed by atoms with van der Waals surface area (Å²) in [6.07, 6.45) is 3.17. The summed E-state index contributed by atoms with van der Waals surface area (Å²) in [6, 6.07) is 8.83. The van der Waals surface area contributed by atoms with Crippen molar-refractivity contribution < 1.29 is 19.0 Å². The Labute approximate surface area is 99.8 Å². The van der Waals surface area contributed by atoms with Gasteiger partial charge in [0.2, 0.25) is 6.29 Å². The van der Waals surface area contributed by atoms with Crippen LogP contribution in [0, 0.1) is 0 Å². The molecule has 1 aromatic rings. The lowest BCUT2D eigenvalue weighted by Crippen LogP contribution is -2.29. The molecule has 17 heavy (non-hydrogen) atoms. The SMILES string of the molecule is CO[C@@H]1C=CC[C@H](OC(=O)c2ccccc2)O1. The first-order valence-electron chi connectivity index (χ1n) is 5.40. The van der Waals surface area contributed by atoms with Crippen molar-refractivity contribution in [1.29, 1.82) is 0 Å². The van der Waals surface area contributed by atoms with Crippen molar-refractivity contribution in [2.24, 2.45) is 0 Å². The van der Waals surface area contributed by atoms with Gasteiger partial charge in [-0.25, -0.2) is 4.79 Å². The van der Waals surface area contributed by atoms with Crippen LogP contribution in [-0.4, -0.2) is 25.7 Å². The summed E-state index contributed by atoms with van der Waals surface area (Å²) in [5.41, 5.74) is 0.514. The van der Waals surface area contributed by atoms with Crippen LogP contribution in [0.1, 0.15) is 16.8 Å². The van der Waals surface area contributed by atoms with E-state index in [-0.39, 0.29) is 5.97 Å². The summed E-state index contributed by atoms with van der Waals surface area (Å²) < 4.78 is 15.6. The van der Waals surface area contributed by atoms with Gasteiger partial charge in [0.05, 0.1) is 5.56 Å². The minimum absolute atomic E-state index is 0.388. The molecule has 1 aliphatic rings. The summed E-state index contributed by atoms with van der Waals surface area (Å²) in [5.74, 6) is -0.388. The lowest BCUT2D eigenvalue weighted by Gasteiger charge is -2.24. The molecule has 1 heterocycles. The van der Waals surface area contributed by atoms with Crippen LogP contribution in [0.4, 0.5) is 0 Å². The Hall–Kier alpha value is -1.65. The fourth-order valence-corrected chi connectivity index (χ4v) is 1.52. The van der Waals surface area contributed by atoms with Gasteiger partial charge in [0.15, 0.2) is 6.29 Å². The monoisotopic (exact) mass is 234 g/mol. The number of hydrogen-bond acceptors (Lipinski definition) is 4. The summed E-state index contributed by atoms with van der Waals surface area (Å²) in [5, 5.41) is 0. The normalized spacial score (nSPS) is 23.4. The number of carbonyl (C=O) groups is 1. The van der Waals surface area contributed by atoms with Crippen molar-refractivity contribution in [2.45, 2.75) is 19.0 Å². The Morgan fingerprint density at radius 2 is 2.12 bits per heavy atom. The van der Waals surface area contributed by atoms with E-state index in [9.17, 15) is 4.79 Å². The largest absolute Gasteiger partial charge is 0.432 e. The van der Waals surface area contributed by atoms with E-state index in [1.807, 2.05) is 12.1 Å². The van der Waals surface area contributed by atoms with E-state index in [2.05, 4.69) is 0 Å². The summed E-state index contributed by atoms with van der Waals surface area (Å²) in [6.45, 7) is 0. The zero-order valence-electron chi connectivity index (χ0n) is 9.54. The van der Waals surface area contributed by atoms with Crippen LogP contribution in [0.2, 0.25) is 0 Å². The molecule has 1 aliphatic heterocycles. The number of hydrogen-bond donors (Lipinski definition) is 0. The van der Waals surface area contributed by atoms with Gasteiger partial charge in [-0.15, -0.1) is 0 Å². The van der Waals surface area contributed by atoms with Gasteiger partial charge < -0.3 is 14.2 Å². The van der Waals surface area contributed by atoms with E-state index in [1.54, 1.807) is 30.3 Å². The number of ether oxygens (including phenoxy) is 3. The van der Waals surface area contributed by atoms with Gasteiger partial charge in [0.25, 0.3) is 0 Å². The number of rotatable bonds is 3. The van der Waals surface area contributed by atoms with Crippen LogP contribution in [0.3, 0.4) is 0 Å². The molecule has 0 N–H and O–H groups in total. The van der Waals surface area contributed by atoms with Crippen molar-refractivity contribution in [3.8, 4) is 0 Å². The Morgan fingerprint density at radius 3 is 2.82 bits per heavy atom. The molecular formula is C13H14O4. The standard InChI is InChI=1S/C13H14O4/c1-15-11-8-5-9-12(16-11)17-13(14)10-6-3-2-4-7-10/h2-8,11-12H,9H2,1H3/t11-,12-/m0/s1. The van der Waals surface area contributed by atoms with E-state index in [0.717, 1.165) is 0 Å². The quantitative estimate of drug-likeness (QED) is 0.593. The third-order valence-corrected chi connectivity index (χ3v) is 2.39. The second-order valence-electron chi connectivity index (χ2n) is 3.60. The van der Waals surface area contributed by atoms with Gasteiger partial charge in [-0.2, -0.15) is 0 Å². The Balaban J connectivity index is 1.94. The average molecular weight is 234 g/mol. The first-order valence-corrected chi connectivity index (χ1v) is 5.40. The molecule has 0 saturated heterocycles. The molecule has 1 aromatic carbocycles. The zero-order valence-corrected chi connectivity index (χ0v) is 9.54. The van der Waals surface area contributed by atoms with E-state index in [4.69, 9.17) is 14.2 Å². The fourth-order valence-electron chi connectivity index (χ4n) is 1.52. The van der Waals surface area contributed by atoms with Crippen LogP contribution in [0.15, 0.2) is 42.5 Å². The van der Waals surface area contributed by atoms with Gasteiger partial charge in [-0.3, -0.25) is 0 Å². The maximum atomic E-state index is 11.7. The zero-order chi connectivity index (χ0) is 12.1. The van der Waals surface area contributed by atoms with Gasteiger partial charge in [-0.1, -0.05) is 24.3 Å². The highest BCUT2D eigenvalue weighted by atomic mass is 16.8. The Bertz CT molecular complexity index is 399. The van der Waals surface area contributed by atoms with Gasteiger partial charge in [0, 0.05) is 13.5 Å². The first-order chi connectivity index (χ1) is 8.29. The minimum atomic E-state index is -0.586. The van der Waals surface area contributed by atoms with Crippen LogP contribution >= 0.6 is 0 Å². The summed E-state index contributed by atoms with van der Waals surface area (Å²) in [4.78, 5) is 11.7. The van der Waals surface area contributed by atoms with Crippen molar-refractivity contribution in [3.05, 3.63) is 48.0 Å². The molecule has 2 rings (SSSR count). The Morgan fingerprint density at radius 1 is 1.35 bits per heavy atom. The van der Waals surface area contributed by atoms with Crippen molar-refractivity contribution in [2.75, 3.05) is 7.11 Å². The third kappa shape index (κ3) is 3.15. The van der Waals surface area contributed by atoms with Crippen LogP contribution in [0.25, 0.3) is 0 Å². The smallest absolute Gasteiger partial charge is 0.340 e. The summed E-state index contributed by atoms with van der Waals surface area (Å²) >= 11 is 0. The van der Waals surface area contributed by atoms with E-state index >= 15 is 0 Å². The molecule has 0 unspecified atom stereocenters. The second kappa shape index (κ2) is 5.61. The maximum absolute atomic E-state index is 11.7. The molecule has 0 radical (unpaired) electrons. The molecule has 0 fully saturated rings. The van der Waals surface area contributed by atoms with Gasteiger partial charge in [-0.05, 0) is 18.2 Å². The number of carbonyl (C=O) groups excluding carboxylic acids is 1. The molecule has 90 valence electrons. The molecule has 0 spiro atoms. The molecule has 0 bridgehead atoms. The van der Waals surface area contributed by atoms with E-state index < -0.39 is 12.6 Å². The maximum Gasteiger partial charge on any atom is 0.340 e. The van der Waals surface area contributed by atoms with Crippen molar-refractivity contribution in [3.63, 3.8) is 0 Å². The molecular weight excluding hydrogens is 220 g/mol. The fraction of sp³-hybridized carbons (Fsp3) is 0.308. The van der Waals surface area contributed by atoms with Gasteiger partial charge in [0.1, 0.15) is 0 Å². The number of methoxy groups -OCH3 is 1. The molecule has 0 aliphatic carbocycles. The van der Waals surface area contributed by atoms with Crippen molar-refractivity contribution in [1.82, 2.24) is 0 Å². The molecule has 0 aromatic heterocycles. The number of benzene rings is 1. The predicted molar refractivity (Wildman–Crippen MR) is 61.3 cm³/mol. The number of esters is 1. The molecule has 4 heteroatoms. The van der Waals surface area contributed by atoms with Crippen molar-refractivity contribution >= 4 is 5.97 Å². The minimum Gasteiger partial charge on any atom is -0.432 e.